The zero-order valence-electron chi connectivity index (χ0n) is 30.9. The molecule has 53 heavy (non-hydrogen) atoms. The lowest BCUT2D eigenvalue weighted by Gasteiger charge is -2.46. The van der Waals surface area contributed by atoms with E-state index < -0.39 is 21.9 Å². The molecule has 3 amide bonds. The molecule has 3 fully saturated rings. The number of halogens is 1. The molecule has 0 radical (unpaired) electrons. The molecule has 0 aromatic heterocycles. The van der Waals surface area contributed by atoms with Crippen molar-refractivity contribution in [2.75, 3.05) is 50.7 Å². The van der Waals surface area contributed by atoms with E-state index in [1.807, 2.05) is 25.1 Å². The largest absolute Gasteiger partial charge is 0.490 e. The normalized spacial score (nSPS) is 35.0. The van der Waals surface area contributed by atoms with Gasteiger partial charge in [0.2, 0.25) is 0 Å². The average molecular weight is 765 g/mol. The highest BCUT2D eigenvalue weighted by Gasteiger charge is 2.46. The van der Waals surface area contributed by atoms with Crippen LogP contribution in [0, 0.1) is 29.6 Å². The van der Waals surface area contributed by atoms with Gasteiger partial charge in [0, 0.05) is 55.5 Å². The van der Waals surface area contributed by atoms with E-state index in [2.05, 4.69) is 43.6 Å². The van der Waals surface area contributed by atoms with Gasteiger partial charge in [-0.1, -0.05) is 36.7 Å². The summed E-state index contributed by atoms with van der Waals surface area (Å²) >= 11 is 6.47. The molecule has 3 heterocycles. The maximum Gasteiger partial charge on any atom is 0.327 e. The lowest BCUT2D eigenvalue weighted by atomic mass is 9.68. The molecule has 2 aromatic rings. The van der Waals surface area contributed by atoms with Gasteiger partial charge in [0.05, 0.1) is 24.2 Å². The first-order valence-electron chi connectivity index (χ1n) is 19.6. The third-order valence-corrected chi connectivity index (χ3v) is 15.0. The number of rotatable bonds is 4. The number of hydrogen-bond acceptors (Lipinski definition) is 7. The number of amides is 3. The molecule has 2 aromatic carbocycles. The summed E-state index contributed by atoms with van der Waals surface area (Å²) in [5.74, 6) is 1.69. The second-order valence-corrected chi connectivity index (χ2v) is 18.9. The number of benzene rings is 2. The van der Waals surface area contributed by atoms with Crippen molar-refractivity contribution in [2.24, 2.45) is 34.0 Å². The topological polar surface area (TPSA) is 119 Å². The van der Waals surface area contributed by atoms with E-state index in [-0.39, 0.29) is 29.2 Å². The van der Waals surface area contributed by atoms with E-state index in [9.17, 15) is 13.8 Å². The molecule has 2 bridgehead atoms. The fraction of sp³-hybridized carbons (Fsp3) is 0.610. The van der Waals surface area contributed by atoms with E-state index in [1.165, 1.54) is 11.1 Å². The van der Waals surface area contributed by atoms with Crippen molar-refractivity contribution >= 4 is 39.1 Å². The number of allylic oxidation sites excluding steroid dienone is 1. The number of fused-ring (bicyclic) bond motifs is 4. The summed E-state index contributed by atoms with van der Waals surface area (Å²) in [6.45, 7) is 5.52. The van der Waals surface area contributed by atoms with Crippen LogP contribution >= 0.6 is 11.6 Å². The van der Waals surface area contributed by atoms with Crippen molar-refractivity contribution in [3.63, 3.8) is 0 Å². The minimum absolute atomic E-state index is 0.0247. The summed E-state index contributed by atoms with van der Waals surface area (Å²) in [4.78, 5) is 29.8. The molecule has 2 saturated carbocycles. The first-order valence-corrected chi connectivity index (χ1v) is 21.6. The number of carbonyl (C=O) groups is 2. The van der Waals surface area contributed by atoms with E-state index in [1.54, 1.807) is 13.2 Å². The number of aryl methyl sites for hydroxylation is 1. The number of methoxy groups -OCH3 is 1. The molecule has 8 atom stereocenters. The highest BCUT2D eigenvalue weighted by molar-refractivity contribution is 7.92. The average Bonchev–Trinajstić information content (AvgIpc) is 3.91. The second-order valence-electron chi connectivity index (χ2n) is 16.5. The first-order chi connectivity index (χ1) is 25.6. The van der Waals surface area contributed by atoms with Crippen molar-refractivity contribution in [2.45, 2.75) is 82.3 Å². The Balaban J connectivity index is 1.12. The SMILES string of the molecule is CO[C@H]1/C=C/C[C@H](C)CS(=O)(NC(=O)N[C@@H]2C[C@H]2C2CCOCC2)=NC(=O)c2ccc3c(c2)N(C[C@@H]2CC[C@H]21)C[C@@]1(CCCc2cc(Cl)ccc21)CO3. The summed E-state index contributed by atoms with van der Waals surface area (Å²) in [6, 6.07) is 11.2. The van der Waals surface area contributed by atoms with Gasteiger partial charge < -0.3 is 24.4 Å². The van der Waals surface area contributed by atoms with Gasteiger partial charge in [-0.25, -0.2) is 9.00 Å². The van der Waals surface area contributed by atoms with Crippen LogP contribution in [-0.4, -0.2) is 74.1 Å². The third-order valence-electron chi connectivity index (χ3n) is 12.8. The van der Waals surface area contributed by atoms with Crippen molar-refractivity contribution in [3.05, 3.63) is 70.3 Å². The fourth-order valence-electron chi connectivity index (χ4n) is 9.76. The Kier molecular flexibility index (Phi) is 10.6. The number of anilines is 1. The molecule has 1 spiro atoms. The van der Waals surface area contributed by atoms with Crippen LogP contribution < -0.4 is 19.7 Å². The Morgan fingerprint density at radius 2 is 1.94 bits per heavy atom. The van der Waals surface area contributed by atoms with Crippen LogP contribution in [0.1, 0.15) is 79.8 Å². The van der Waals surface area contributed by atoms with Crippen LogP contribution in [0.5, 0.6) is 5.75 Å². The highest BCUT2D eigenvalue weighted by Crippen LogP contribution is 2.47. The molecular weight excluding hydrogens is 712 g/mol. The standard InChI is InChI=1S/C41H53ClN4O6S/c1-26-5-3-7-37(50-2)32-11-8-30(32)22-46-24-41(16-4-6-28-19-31(42)10-12-34(28)41)25-52-38-13-9-29(20-36(38)46)39(47)44-53(49,23-26)45-40(48)43-35-21-33(35)27-14-17-51-18-15-27/h3,7,9-10,12-13,19-20,26-27,30,32-33,35,37H,4-6,8,11,14-18,21-25H2,1-2H3,(H2,43,44,45,47,48,49)/b7-3+/t26-,30-,32+,33-,35+,37-,41-,53?/m0/s1. The first kappa shape index (κ1) is 36.8. The molecule has 286 valence electrons. The zero-order valence-corrected chi connectivity index (χ0v) is 32.5. The summed E-state index contributed by atoms with van der Waals surface area (Å²) < 4.78 is 39.9. The smallest absolute Gasteiger partial charge is 0.327 e. The summed E-state index contributed by atoms with van der Waals surface area (Å²) in [5, 5.41) is 3.78. The summed E-state index contributed by atoms with van der Waals surface area (Å²) in [6.07, 6.45) is 12.9. The van der Waals surface area contributed by atoms with E-state index >= 15 is 0 Å². The van der Waals surface area contributed by atoms with Gasteiger partial charge in [-0.2, -0.15) is 0 Å². The van der Waals surface area contributed by atoms with Crippen LogP contribution in [0.15, 0.2) is 52.9 Å². The minimum atomic E-state index is -3.48. The Morgan fingerprint density at radius 1 is 1.09 bits per heavy atom. The number of hydrogen-bond donors (Lipinski definition) is 2. The monoisotopic (exact) mass is 764 g/mol. The van der Waals surface area contributed by atoms with Gasteiger partial charge in [-0.3, -0.25) is 9.52 Å². The quantitative estimate of drug-likeness (QED) is 0.320. The molecule has 10 nitrogen and oxygen atoms in total. The highest BCUT2D eigenvalue weighted by atomic mass is 35.5. The van der Waals surface area contributed by atoms with Gasteiger partial charge in [0.1, 0.15) is 15.7 Å². The van der Waals surface area contributed by atoms with Crippen LogP contribution in [-0.2, 0) is 31.2 Å². The summed E-state index contributed by atoms with van der Waals surface area (Å²) in [5.41, 5.74) is 3.46. The maximum atomic E-state index is 14.6. The van der Waals surface area contributed by atoms with Crippen LogP contribution in [0.2, 0.25) is 5.02 Å². The third kappa shape index (κ3) is 7.86. The van der Waals surface area contributed by atoms with E-state index in [4.69, 9.17) is 25.8 Å². The Labute approximate surface area is 319 Å². The predicted molar refractivity (Wildman–Crippen MR) is 207 cm³/mol. The fourth-order valence-corrected chi connectivity index (χ4v) is 11.8. The summed E-state index contributed by atoms with van der Waals surface area (Å²) in [7, 11) is -1.70. The van der Waals surface area contributed by atoms with Crippen molar-refractivity contribution < 1.29 is 28.0 Å². The lowest BCUT2D eigenvalue weighted by molar-refractivity contribution is 0.0131. The van der Waals surface area contributed by atoms with Crippen molar-refractivity contribution in [1.82, 2.24) is 10.0 Å². The molecule has 2 N–H and O–H groups in total. The molecular formula is C41H53ClN4O6S. The minimum Gasteiger partial charge on any atom is -0.490 e. The number of nitrogens with zero attached hydrogens (tertiary/aromatic N) is 2. The lowest BCUT2D eigenvalue weighted by Crippen LogP contribution is -2.49. The van der Waals surface area contributed by atoms with Gasteiger partial charge in [-0.15, -0.1) is 4.36 Å². The number of urea groups is 1. The number of ether oxygens (including phenoxy) is 3. The van der Waals surface area contributed by atoms with Gasteiger partial charge in [0.25, 0.3) is 5.91 Å². The molecule has 6 aliphatic rings. The Hall–Kier alpha value is -3.12. The predicted octanol–water partition coefficient (Wildman–Crippen LogP) is 7.09. The molecule has 3 aliphatic carbocycles. The Morgan fingerprint density at radius 3 is 2.74 bits per heavy atom. The van der Waals surface area contributed by atoms with E-state index in [0.717, 1.165) is 94.1 Å². The number of nitrogens with one attached hydrogen (secondary N) is 2. The number of carbonyl (C=O) groups excluding carboxylic acids is 2. The zero-order chi connectivity index (χ0) is 36.7. The van der Waals surface area contributed by atoms with Crippen LogP contribution in [0.25, 0.3) is 0 Å². The molecule has 12 heteroatoms. The van der Waals surface area contributed by atoms with Crippen molar-refractivity contribution in [1.29, 1.82) is 0 Å². The van der Waals surface area contributed by atoms with Gasteiger partial charge in [0.15, 0.2) is 0 Å². The Bertz CT molecular complexity index is 1870. The molecule has 1 saturated heterocycles. The maximum absolute atomic E-state index is 14.6. The molecule has 3 aliphatic heterocycles. The van der Waals surface area contributed by atoms with Crippen LogP contribution in [0.3, 0.4) is 0 Å². The van der Waals surface area contributed by atoms with Gasteiger partial charge >= 0.3 is 6.03 Å². The van der Waals surface area contributed by atoms with E-state index in [0.29, 0.717) is 42.3 Å². The van der Waals surface area contributed by atoms with Crippen molar-refractivity contribution in [3.8, 4) is 5.75 Å². The van der Waals surface area contributed by atoms with Crippen LogP contribution in [0.4, 0.5) is 10.5 Å². The van der Waals surface area contributed by atoms with Gasteiger partial charge in [-0.05, 0) is 129 Å². The molecule has 8 rings (SSSR count). The molecule has 1 unspecified atom stereocenters. The second kappa shape index (κ2) is 15.2.